The maximum absolute atomic E-state index is 13.2. The number of nitrogens with zero attached hydrogens (tertiary/aromatic N) is 1. The number of carboxylic acids is 1. The van der Waals surface area contributed by atoms with Gasteiger partial charge in [0.2, 0.25) is 0 Å². The topological polar surface area (TPSA) is 95.9 Å². The normalized spacial score (nSPS) is 13.2. The molecule has 0 fully saturated rings. The number of alkyl carbamates (subject to hydrolysis) is 1. The first-order valence-corrected chi connectivity index (χ1v) is 8.63. The number of carbonyl (C=O) groups is 3. The minimum absolute atomic E-state index is 0.0639. The first-order chi connectivity index (χ1) is 13.9. The molecule has 1 aliphatic heterocycles. The summed E-state index contributed by atoms with van der Waals surface area (Å²) in [7, 11) is 0. The van der Waals surface area contributed by atoms with E-state index in [0.29, 0.717) is 5.56 Å². The van der Waals surface area contributed by atoms with Gasteiger partial charge < -0.3 is 9.84 Å². The van der Waals surface area contributed by atoms with E-state index >= 15 is 0 Å². The van der Waals surface area contributed by atoms with Gasteiger partial charge in [-0.3, -0.25) is 15.0 Å². The molecule has 0 aromatic heterocycles. The Morgan fingerprint density at radius 3 is 2.38 bits per heavy atom. The fourth-order valence-corrected chi connectivity index (χ4v) is 2.72. The largest absolute Gasteiger partial charge is 0.474 e. The lowest BCUT2D eigenvalue weighted by molar-refractivity contribution is -0.153. The predicted molar refractivity (Wildman–Crippen MR) is 102 cm³/mol. The Hall–Kier alpha value is -3.94. The van der Waals surface area contributed by atoms with E-state index in [0.717, 1.165) is 10.5 Å². The van der Waals surface area contributed by atoms with Crippen LogP contribution in [0.5, 0.6) is 0 Å². The number of carboxylic acid groups (broad SMARTS) is 1. The molecule has 8 heteroatoms. The summed E-state index contributed by atoms with van der Waals surface area (Å²) in [6.07, 6.45) is 2.28. The van der Waals surface area contributed by atoms with Crippen LogP contribution in [0.2, 0.25) is 0 Å². The summed E-state index contributed by atoms with van der Waals surface area (Å²) in [5.74, 6) is -3.28. The van der Waals surface area contributed by atoms with Gasteiger partial charge in [-0.25, -0.2) is 14.0 Å². The van der Waals surface area contributed by atoms with Crippen LogP contribution in [-0.2, 0) is 20.9 Å². The Bertz CT molecular complexity index is 984. The molecule has 0 saturated carbocycles. The van der Waals surface area contributed by atoms with Crippen molar-refractivity contribution in [2.24, 2.45) is 0 Å². The summed E-state index contributed by atoms with van der Waals surface area (Å²) in [5, 5.41) is 11.6. The predicted octanol–water partition coefficient (Wildman–Crippen LogP) is 2.90. The quantitative estimate of drug-likeness (QED) is 0.775. The van der Waals surface area contributed by atoms with E-state index in [9.17, 15) is 18.8 Å². The Kier molecular flexibility index (Phi) is 6.03. The van der Waals surface area contributed by atoms with E-state index in [-0.39, 0.29) is 24.5 Å². The zero-order valence-electron chi connectivity index (χ0n) is 15.2. The van der Waals surface area contributed by atoms with Crippen LogP contribution in [0.15, 0.2) is 72.4 Å². The molecular weight excluding hydrogens is 379 g/mol. The lowest BCUT2D eigenvalue weighted by Gasteiger charge is -2.28. The fourth-order valence-electron chi connectivity index (χ4n) is 2.72. The molecule has 148 valence electrons. The van der Waals surface area contributed by atoms with Crippen LogP contribution in [0, 0.1) is 5.82 Å². The van der Waals surface area contributed by atoms with Crippen LogP contribution in [-0.4, -0.2) is 34.5 Å². The summed E-state index contributed by atoms with van der Waals surface area (Å²) in [4.78, 5) is 36.4. The Morgan fingerprint density at radius 1 is 1.03 bits per heavy atom. The van der Waals surface area contributed by atoms with Crippen molar-refractivity contribution in [2.75, 3.05) is 6.54 Å². The smallest absolute Gasteiger partial charge is 0.411 e. The second kappa shape index (κ2) is 8.83. The van der Waals surface area contributed by atoms with Gasteiger partial charge in [-0.2, -0.15) is 0 Å². The van der Waals surface area contributed by atoms with Crippen molar-refractivity contribution in [1.82, 2.24) is 10.2 Å². The third kappa shape index (κ3) is 5.07. The number of rotatable bonds is 4. The molecule has 7 nitrogen and oxygen atoms in total. The molecule has 1 heterocycles. The highest BCUT2D eigenvalue weighted by Gasteiger charge is 2.28. The van der Waals surface area contributed by atoms with Gasteiger partial charge in [0, 0.05) is 5.70 Å². The van der Waals surface area contributed by atoms with Crippen LogP contribution in [0.3, 0.4) is 0 Å². The molecule has 2 aromatic rings. The lowest BCUT2D eigenvalue weighted by atomic mass is 10.1. The SMILES string of the molecule is O=C(NC1=CC=C(c2ccc(F)cc2)N(C(=O)C(=O)O)C1)OCc1ccccc1. The van der Waals surface area contributed by atoms with E-state index in [1.165, 1.54) is 36.4 Å². The molecule has 0 radical (unpaired) electrons. The van der Waals surface area contributed by atoms with Crippen LogP contribution in [0.1, 0.15) is 11.1 Å². The molecule has 2 amide bonds. The molecule has 29 heavy (non-hydrogen) atoms. The zero-order chi connectivity index (χ0) is 20.8. The number of ether oxygens (including phenoxy) is 1. The van der Waals surface area contributed by atoms with Gasteiger partial charge in [0.05, 0.1) is 12.2 Å². The standard InChI is InChI=1S/C21H17FN2O5/c22-16-8-6-15(7-9-16)18-11-10-17(12-24(18)19(25)20(26)27)23-21(28)29-13-14-4-2-1-3-5-14/h1-11H,12-13H2,(H,23,28)(H,26,27). The maximum atomic E-state index is 13.2. The molecule has 2 aromatic carbocycles. The summed E-state index contributed by atoms with van der Waals surface area (Å²) in [6.45, 7) is -0.122. The van der Waals surface area contributed by atoms with E-state index in [4.69, 9.17) is 9.84 Å². The maximum Gasteiger partial charge on any atom is 0.411 e. The monoisotopic (exact) mass is 396 g/mol. The molecule has 0 unspecified atom stereocenters. The summed E-state index contributed by atoms with van der Waals surface area (Å²) in [5.41, 5.74) is 1.83. The fraction of sp³-hybridized carbons (Fsp3) is 0.0952. The number of aliphatic carboxylic acids is 1. The number of hydrogen-bond acceptors (Lipinski definition) is 4. The number of hydrogen-bond donors (Lipinski definition) is 2. The highest BCUT2D eigenvalue weighted by molar-refractivity contribution is 6.33. The first kappa shape index (κ1) is 19.8. The number of allylic oxidation sites excluding steroid dienone is 2. The van der Waals surface area contributed by atoms with Crippen LogP contribution >= 0.6 is 0 Å². The molecule has 0 aliphatic carbocycles. The molecule has 0 atom stereocenters. The highest BCUT2D eigenvalue weighted by atomic mass is 19.1. The summed E-state index contributed by atoms with van der Waals surface area (Å²) >= 11 is 0. The third-order valence-corrected chi connectivity index (χ3v) is 4.11. The molecule has 0 spiro atoms. The number of halogens is 1. The van der Waals surface area contributed by atoms with Gasteiger partial charge in [0.1, 0.15) is 12.4 Å². The van der Waals surface area contributed by atoms with Crippen molar-refractivity contribution in [3.05, 3.63) is 89.4 Å². The average molecular weight is 396 g/mol. The lowest BCUT2D eigenvalue weighted by Crippen LogP contribution is -2.41. The summed E-state index contributed by atoms with van der Waals surface area (Å²) in [6, 6.07) is 14.4. The second-order valence-electron chi connectivity index (χ2n) is 6.13. The minimum atomic E-state index is -1.65. The highest BCUT2D eigenvalue weighted by Crippen LogP contribution is 2.24. The van der Waals surface area contributed by atoms with Crippen molar-refractivity contribution in [3.63, 3.8) is 0 Å². The van der Waals surface area contributed by atoms with Crippen molar-refractivity contribution in [2.45, 2.75) is 6.61 Å². The van der Waals surface area contributed by atoms with Crippen molar-refractivity contribution < 1.29 is 28.6 Å². The molecule has 0 saturated heterocycles. The van der Waals surface area contributed by atoms with Gasteiger partial charge >= 0.3 is 18.0 Å². The number of nitrogens with one attached hydrogen (secondary N) is 1. The van der Waals surface area contributed by atoms with Crippen LogP contribution < -0.4 is 5.32 Å². The third-order valence-electron chi connectivity index (χ3n) is 4.11. The molecule has 1 aliphatic rings. The first-order valence-electron chi connectivity index (χ1n) is 8.63. The van der Waals surface area contributed by atoms with E-state index < -0.39 is 23.8 Å². The molecular formula is C21H17FN2O5. The zero-order valence-corrected chi connectivity index (χ0v) is 15.2. The van der Waals surface area contributed by atoms with Crippen molar-refractivity contribution in [3.8, 4) is 0 Å². The van der Waals surface area contributed by atoms with Crippen molar-refractivity contribution in [1.29, 1.82) is 0 Å². The van der Waals surface area contributed by atoms with Crippen LogP contribution in [0.4, 0.5) is 9.18 Å². The van der Waals surface area contributed by atoms with Crippen LogP contribution in [0.25, 0.3) is 5.70 Å². The number of carbonyl (C=O) groups excluding carboxylic acids is 2. The molecule has 3 rings (SSSR count). The van der Waals surface area contributed by atoms with Gasteiger partial charge in [0.25, 0.3) is 0 Å². The molecule has 0 bridgehead atoms. The Labute approximate surface area is 165 Å². The van der Waals surface area contributed by atoms with E-state index in [1.807, 2.05) is 18.2 Å². The number of amides is 2. The Morgan fingerprint density at radius 2 is 1.72 bits per heavy atom. The second-order valence-corrected chi connectivity index (χ2v) is 6.13. The van der Waals surface area contributed by atoms with Gasteiger partial charge in [0.15, 0.2) is 0 Å². The van der Waals surface area contributed by atoms with Gasteiger partial charge in [-0.05, 0) is 47.5 Å². The number of benzene rings is 2. The summed E-state index contributed by atoms with van der Waals surface area (Å²) < 4.78 is 18.3. The van der Waals surface area contributed by atoms with Gasteiger partial charge in [-0.1, -0.05) is 30.3 Å². The molecule has 2 N–H and O–H groups in total. The van der Waals surface area contributed by atoms with E-state index in [1.54, 1.807) is 12.1 Å². The Balaban J connectivity index is 1.74. The van der Waals surface area contributed by atoms with Crippen molar-refractivity contribution >= 4 is 23.7 Å². The van der Waals surface area contributed by atoms with E-state index in [2.05, 4.69) is 5.32 Å². The average Bonchev–Trinajstić information content (AvgIpc) is 2.73. The minimum Gasteiger partial charge on any atom is -0.474 e. The van der Waals surface area contributed by atoms with Gasteiger partial charge in [-0.15, -0.1) is 0 Å².